The third-order valence-corrected chi connectivity index (χ3v) is 8.19. The van der Waals surface area contributed by atoms with E-state index in [9.17, 15) is 14.7 Å². The Balaban J connectivity index is 1.14. The Labute approximate surface area is 301 Å². The Morgan fingerprint density at radius 3 is 2.42 bits per heavy atom. The van der Waals surface area contributed by atoms with Gasteiger partial charge in [-0.2, -0.15) is 5.10 Å². The van der Waals surface area contributed by atoms with Crippen LogP contribution in [0.25, 0.3) is 16.5 Å². The summed E-state index contributed by atoms with van der Waals surface area (Å²) in [5.74, 6) is 1.25. The maximum Gasteiger partial charge on any atom is 0.324 e. The van der Waals surface area contributed by atoms with Gasteiger partial charge < -0.3 is 25.8 Å². The van der Waals surface area contributed by atoms with Crippen LogP contribution in [0.2, 0.25) is 0 Å². The molecule has 0 saturated carbocycles. The van der Waals surface area contributed by atoms with Crippen molar-refractivity contribution in [3.8, 4) is 11.4 Å². The Kier molecular flexibility index (Phi) is 10.7. The molecule has 0 saturated heterocycles. The van der Waals surface area contributed by atoms with E-state index in [-0.39, 0.29) is 30.7 Å². The molecule has 0 aliphatic heterocycles. The highest BCUT2D eigenvalue weighted by molar-refractivity contribution is 6.07. The molecule has 1 atom stereocenters. The average molecular weight is 700 g/mol. The number of hydrogen-bond acceptors (Lipinski definition) is 9. The van der Waals surface area contributed by atoms with Crippen molar-refractivity contribution in [2.75, 3.05) is 22.6 Å². The van der Waals surface area contributed by atoms with E-state index in [1.807, 2.05) is 85.8 Å². The summed E-state index contributed by atoms with van der Waals surface area (Å²) in [4.78, 5) is 38.4. The van der Waals surface area contributed by atoms with E-state index in [1.165, 1.54) is 18.6 Å². The smallest absolute Gasteiger partial charge is 0.324 e. The summed E-state index contributed by atoms with van der Waals surface area (Å²) in [6.45, 7) is 8.34. The Bertz CT molecular complexity index is 2160. The second-order valence-corrected chi connectivity index (χ2v) is 13.3. The van der Waals surface area contributed by atoms with Crippen molar-refractivity contribution < 1.29 is 19.4 Å². The maximum absolute atomic E-state index is 13.4. The molecule has 6 rings (SSSR count). The number of benzene rings is 3. The number of carbonyl (C=O) groups excluding carboxylic acids is 2. The molecule has 3 heterocycles. The first-order valence-corrected chi connectivity index (χ1v) is 16.9. The number of aliphatic hydroxyl groups is 1. The standard InChI is InChI=1S/C39H41N9O4/c1-25-9-11-27(12-10-25)48-36(22-33(47-48)39(2,3)4)46-38(51)43-30-13-14-32(29-8-6-5-7-28(29)30)52-24-26-15-17-42-35(21-26)44-34(16-20-49)45-37(50)31-23-40-18-19-41-31/h5-15,17-19,21-23,34,49H,16,20,24H2,1-4H3,(H,42,44)(H,45,50)(H2,43,46,51). The molecule has 52 heavy (non-hydrogen) atoms. The summed E-state index contributed by atoms with van der Waals surface area (Å²) in [7, 11) is 0. The van der Waals surface area contributed by atoms with Crippen molar-refractivity contribution in [2.45, 2.75) is 52.3 Å². The number of rotatable bonds is 12. The molecular weight excluding hydrogens is 658 g/mol. The van der Waals surface area contributed by atoms with Crippen LogP contribution >= 0.6 is 0 Å². The summed E-state index contributed by atoms with van der Waals surface area (Å²) in [6.07, 6.45) is 5.57. The number of pyridine rings is 1. The zero-order valence-corrected chi connectivity index (χ0v) is 29.4. The van der Waals surface area contributed by atoms with Gasteiger partial charge in [0.15, 0.2) is 0 Å². The number of nitrogens with one attached hydrogen (secondary N) is 4. The van der Waals surface area contributed by atoms with Crippen LogP contribution in [0.4, 0.5) is 22.1 Å². The molecule has 13 nitrogen and oxygen atoms in total. The number of anilines is 3. The topological polar surface area (TPSA) is 168 Å². The molecule has 13 heteroatoms. The van der Waals surface area contributed by atoms with Crippen molar-refractivity contribution in [3.63, 3.8) is 0 Å². The van der Waals surface area contributed by atoms with E-state index >= 15 is 0 Å². The number of aliphatic hydroxyl groups excluding tert-OH is 1. The van der Waals surface area contributed by atoms with Crippen molar-refractivity contribution in [2.24, 2.45) is 0 Å². The van der Waals surface area contributed by atoms with Gasteiger partial charge in [-0.05, 0) is 48.9 Å². The molecule has 0 fully saturated rings. The quantitative estimate of drug-likeness (QED) is 0.0885. The molecule has 0 spiro atoms. The van der Waals surface area contributed by atoms with Gasteiger partial charge in [0.05, 0.1) is 23.3 Å². The number of aromatic nitrogens is 5. The number of nitrogens with zero attached hydrogens (tertiary/aromatic N) is 5. The minimum Gasteiger partial charge on any atom is -0.488 e. The predicted octanol–water partition coefficient (Wildman–Crippen LogP) is 6.59. The second-order valence-electron chi connectivity index (χ2n) is 13.3. The number of carbonyl (C=O) groups is 2. The largest absolute Gasteiger partial charge is 0.488 e. The summed E-state index contributed by atoms with van der Waals surface area (Å²) in [5, 5.41) is 28.0. The van der Waals surface area contributed by atoms with Crippen LogP contribution in [-0.4, -0.2) is 54.5 Å². The van der Waals surface area contributed by atoms with Gasteiger partial charge in [-0.3, -0.25) is 15.1 Å². The maximum atomic E-state index is 13.4. The lowest BCUT2D eigenvalue weighted by molar-refractivity contribution is 0.0930. The molecule has 1 unspecified atom stereocenters. The lowest BCUT2D eigenvalue weighted by atomic mass is 9.92. The van der Waals surface area contributed by atoms with Gasteiger partial charge in [0, 0.05) is 53.9 Å². The Morgan fingerprint density at radius 2 is 1.69 bits per heavy atom. The highest BCUT2D eigenvalue weighted by atomic mass is 16.5. The summed E-state index contributed by atoms with van der Waals surface area (Å²) >= 11 is 0. The number of amides is 3. The molecule has 266 valence electrons. The number of fused-ring (bicyclic) bond motifs is 1. The number of urea groups is 1. The zero-order chi connectivity index (χ0) is 36.7. The van der Waals surface area contributed by atoms with Gasteiger partial charge in [-0.25, -0.2) is 19.4 Å². The van der Waals surface area contributed by atoms with Crippen LogP contribution in [0.1, 0.15) is 54.5 Å². The third kappa shape index (κ3) is 8.68. The Hall–Kier alpha value is -6.34. The number of ether oxygens (including phenoxy) is 1. The highest BCUT2D eigenvalue weighted by Gasteiger charge is 2.22. The Morgan fingerprint density at radius 1 is 0.904 bits per heavy atom. The van der Waals surface area contributed by atoms with Gasteiger partial charge >= 0.3 is 6.03 Å². The summed E-state index contributed by atoms with van der Waals surface area (Å²) in [5.41, 5.74) is 4.21. The highest BCUT2D eigenvalue weighted by Crippen LogP contribution is 2.33. The molecule has 0 aliphatic carbocycles. The van der Waals surface area contributed by atoms with Crippen LogP contribution in [0.15, 0.2) is 104 Å². The lowest BCUT2D eigenvalue weighted by Crippen LogP contribution is -2.41. The van der Waals surface area contributed by atoms with Crippen LogP contribution in [0.5, 0.6) is 5.75 Å². The van der Waals surface area contributed by atoms with E-state index in [1.54, 1.807) is 10.9 Å². The number of hydrogen-bond donors (Lipinski definition) is 5. The molecule has 6 aromatic rings. The molecule has 3 aromatic heterocycles. The van der Waals surface area contributed by atoms with Crippen LogP contribution in [0, 0.1) is 6.92 Å². The first-order chi connectivity index (χ1) is 25.1. The van der Waals surface area contributed by atoms with E-state index in [2.05, 4.69) is 57.0 Å². The molecular formula is C39H41N9O4. The first kappa shape index (κ1) is 35.5. The van der Waals surface area contributed by atoms with E-state index in [0.29, 0.717) is 23.1 Å². The fourth-order valence-corrected chi connectivity index (χ4v) is 5.44. The van der Waals surface area contributed by atoms with Crippen molar-refractivity contribution >= 4 is 40.0 Å². The minimum absolute atomic E-state index is 0.156. The fraction of sp³-hybridized carbons (Fsp3) is 0.231. The third-order valence-electron chi connectivity index (χ3n) is 8.19. The van der Waals surface area contributed by atoms with Crippen molar-refractivity contribution in [1.82, 2.24) is 30.0 Å². The van der Waals surface area contributed by atoms with Crippen molar-refractivity contribution in [1.29, 1.82) is 0 Å². The first-order valence-electron chi connectivity index (χ1n) is 16.9. The predicted molar refractivity (Wildman–Crippen MR) is 201 cm³/mol. The fourth-order valence-electron chi connectivity index (χ4n) is 5.44. The SMILES string of the molecule is Cc1ccc(-n2nc(C(C)(C)C)cc2NC(=O)Nc2ccc(OCc3ccnc(NC(CCO)NC(=O)c4cnccn4)c3)c3ccccc23)cc1. The van der Waals surface area contributed by atoms with E-state index < -0.39 is 18.1 Å². The monoisotopic (exact) mass is 699 g/mol. The molecule has 3 aromatic carbocycles. The normalized spacial score (nSPS) is 11.9. The van der Waals surface area contributed by atoms with Crippen molar-refractivity contribution in [3.05, 3.63) is 126 Å². The zero-order valence-electron chi connectivity index (χ0n) is 29.4. The van der Waals surface area contributed by atoms with Crippen LogP contribution in [0.3, 0.4) is 0 Å². The van der Waals surface area contributed by atoms with E-state index in [4.69, 9.17) is 9.84 Å². The van der Waals surface area contributed by atoms with Gasteiger partial charge in [-0.15, -0.1) is 0 Å². The van der Waals surface area contributed by atoms with Gasteiger partial charge in [0.25, 0.3) is 5.91 Å². The molecule has 0 radical (unpaired) electrons. The molecule has 0 aliphatic rings. The van der Waals surface area contributed by atoms with Gasteiger partial charge in [-0.1, -0.05) is 62.7 Å². The van der Waals surface area contributed by atoms with Gasteiger partial charge in [0.1, 0.15) is 35.9 Å². The molecule has 5 N–H and O–H groups in total. The van der Waals surface area contributed by atoms with Crippen LogP contribution < -0.4 is 26.0 Å². The number of aryl methyl sites for hydroxylation is 1. The molecule has 0 bridgehead atoms. The second kappa shape index (κ2) is 15.7. The lowest BCUT2D eigenvalue weighted by Gasteiger charge is -2.20. The van der Waals surface area contributed by atoms with Gasteiger partial charge in [0.2, 0.25) is 0 Å². The van der Waals surface area contributed by atoms with E-state index in [0.717, 1.165) is 33.3 Å². The summed E-state index contributed by atoms with van der Waals surface area (Å²) < 4.78 is 8.03. The molecule has 3 amide bonds. The minimum atomic E-state index is -0.604. The average Bonchev–Trinajstić information content (AvgIpc) is 3.56. The van der Waals surface area contributed by atoms with Crippen LogP contribution in [-0.2, 0) is 12.0 Å². The summed E-state index contributed by atoms with van der Waals surface area (Å²) in [6, 6.07) is 24.4.